The molecule has 3 rings (SSSR count). The van der Waals surface area contributed by atoms with Crippen LogP contribution in [0.15, 0.2) is 47.8 Å². The van der Waals surface area contributed by atoms with E-state index in [-0.39, 0.29) is 0 Å². The molecule has 0 amide bonds. The minimum atomic E-state index is 0.508. The van der Waals surface area contributed by atoms with Crippen LogP contribution in [0.1, 0.15) is 29.8 Å². The van der Waals surface area contributed by atoms with Crippen molar-refractivity contribution in [1.82, 2.24) is 10.2 Å². The average molecular weight is 300 g/mol. The smallest absolute Gasteiger partial charge is 0.0473 e. The predicted molar refractivity (Wildman–Crippen MR) is 90.9 cm³/mol. The van der Waals surface area contributed by atoms with Gasteiger partial charge in [-0.15, -0.1) is 11.3 Å². The Morgan fingerprint density at radius 1 is 1.19 bits per heavy atom. The molecule has 1 N–H and O–H groups in total. The van der Waals surface area contributed by atoms with Gasteiger partial charge >= 0.3 is 0 Å². The Labute approximate surface area is 131 Å². The maximum atomic E-state index is 3.70. The van der Waals surface area contributed by atoms with E-state index < -0.39 is 0 Å². The van der Waals surface area contributed by atoms with Crippen LogP contribution in [0.5, 0.6) is 0 Å². The van der Waals surface area contributed by atoms with Crippen molar-refractivity contribution in [1.29, 1.82) is 0 Å². The molecule has 1 saturated heterocycles. The lowest BCUT2D eigenvalue weighted by Gasteiger charge is -2.40. The van der Waals surface area contributed by atoms with E-state index >= 15 is 0 Å². The third kappa shape index (κ3) is 3.73. The highest BCUT2D eigenvalue weighted by atomic mass is 32.1. The van der Waals surface area contributed by atoms with Crippen LogP contribution < -0.4 is 5.32 Å². The van der Waals surface area contributed by atoms with Gasteiger partial charge < -0.3 is 5.32 Å². The Hall–Kier alpha value is -1.16. The fourth-order valence-electron chi connectivity index (χ4n) is 3.12. The molecule has 2 nitrogen and oxygen atoms in total. The van der Waals surface area contributed by atoms with Gasteiger partial charge in [0.15, 0.2) is 0 Å². The van der Waals surface area contributed by atoms with Crippen molar-refractivity contribution < 1.29 is 0 Å². The van der Waals surface area contributed by atoms with E-state index in [2.05, 4.69) is 65.0 Å². The topological polar surface area (TPSA) is 15.3 Å². The van der Waals surface area contributed by atoms with Gasteiger partial charge in [-0.1, -0.05) is 43.3 Å². The number of rotatable bonds is 5. The van der Waals surface area contributed by atoms with Crippen molar-refractivity contribution in [3.63, 3.8) is 0 Å². The molecule has 0 aliphatic carbocycles. The van der Waals surface area contributed by atoms with Gasteiger partial charge in [0, 0.05) is 36.6 Å². The average Bonchev–Trinajstić information content (AvgIpc) is 3.07. The Morgan fingerprint density at radius 2 is 2.05 bits per heavy atom. The molecule has 21 heavy (non-hydrogen) atoms. The van der Waals surface area contributed by atoms with E-state index in [1.807, 2.05) is 11.3 Å². The maximum Gasteiger partial charge on any atom is 0.0473 e. The van der Waals surface area contributed by atoms with Gasteiger partial charge in [-0.2, -0.15) is 0 Å². The third-order valence-corrected chi connectivity index (χ3v) is 5.33. The lowest BCUT2D eigenvalue weighted by Crippen LogP contribution is -2.52. The zero-order chi connectivity index (χ0) is 14.5. The monoisotopic (exact) mass is 300 g/mol. The van der Waals surface area contributed by atoms with Crippen LogP contribution in [0.3, 0.4) is 0 Å². The summed E-state index contributed by atoms with van der Waals surface area (Å²) in [6.07, 6.45) is 2.37. The number of nitrogens with zero attached hydrogens (tertiary/aromatic N) is 1. The van der Waals surface area contributed by atoms with Gasteiger partial charge in [-0.05, 0) is 29.9 Å². The molecule has 2 aromatic rings. The van der Waals surface area contributed by atoms with E-state index in [9.17, 15) is 0 Å². The first-order valence-electron chi connectivity index (χ1n) is 7.91. The molecular weight excluding hydrogens is 276 g/mol. The summed E-state index contributed by atoms with van der Waals surface area (Å²) < 4.78 is 0. The number of piperazine rings is 1. The SMILES string of the molecule is CCC1CN(CCc2cccs2)C(c2ccccc2)CN1. The second kappa shape index (κ2) is 7.21. The van der Waals surface area contributed by atoms with Crippen LogP contribution in [0, 0.1) is 0 Å². The lowest BCUT2D eigenvalue weighted by molar-refractivity contribution is 0.130. The summed E-state index contributed by atoms with van der Waals surface area (Å²) in [4.78, 5) is 4.16. The van der Waals surface area contributed by atoms with Gasteiger partial charge in [-0.3, -0.25) is 4.90 Å². The summed E-state index contributed by atoms with van der Waals surface area (Å²) in [5.41, 5.74) is 1.44. The van der Waals surface area contributed by atoms with Gasteiger partial charge in [0.1, 0.15) is 0 Å². The second-order valence-electron chi connectivity index (χ2n) is 5.76. The minimum Gasteiger partial charge on any atom is -0.311 e. The number of benzene rings is 1. The van der Waals surface area contributed by atoms with Crippen molar-refractivity contribution in [2.24, 2.45) is 0 Å². The van der Waals surface area contributed by atoms with Crippen LogP contribution in [0.25, 0.3) is 0 Å². The Balaban J connectivity index is 1.70. The van der Waals surface area contributed by atoms with Crippen molar-refractivity contribution >= 4 is 11.3 Å². The molecule has 2 heterocycles. The molecule has 0 spiro atoms. The van der Waals surface area contributed by atoms with E-state index in [0.717, 1.165) is 26.1 Å². The molecule has 0 saturated carbocycles. The highest BCUT2D eigenvalue weighted by Crippen LogP contribution is 2.25. The first-order chi connectivity index (χ1) is 10.4. The maximum absolute atomic E-state index is 3.70. The molecule has 1 fully saturated rings. The van der Waals surface area contributed by atoms with Crippen molar-refractivity contribution in [3.8, 4) is 0 Å². The van der Waals surface area contributed by atoms with Gasteiger partial charge in [-0.25, -0.2) is 0 Å². The number of thiophene rings is 1. The van der Waals surface area contributed by atoms with E-state index in [0.29, 0.717) is 12.1 Å². The Bertz CT molecular complexity index is 523. The zero-order valence-electron chi connectivity index (χ0n) is 12.7. The minimum absolute atomic E-state index is 0.508. The number of nitrogens with one attached hydrogen (secondary N) is 1. The number of hydrogen-bond donors (Lipinski definition) is 1. The molecule has 1 aromatic carbocycles. The lowest BCUT2D eigenvalue weighted by atomic mass is 10.00. The van der Waals surface area contributed by atoms with E-state index in [4.69, 9.17) is 0 Å². The van der Waals surface area contributed by atoms with Crippen LogP contribution >= 0.6 is 11.3 Å². The summed E-state index contributed by atoms with van der Waals surface area (Å²) >= 11 is 1.87. The second-order valence-corrected chi connectivity index (χ2v) is 6.80. The fourth-order valence-corrected chi connectivity index (χ4v) is 3.81. The van der Waals surface area contributed by atoms with Crippen molar-refractivity contribution in [3.05, 3.63) is 58.3 Å². The highest BCUT2D eigenvalue weighted by molar-refractivity contribution is 7.09. The molecular formula is C18H24N2S. The van der Waals surface area contributed by atoms with Crippen LogP contribution in [-0.4, -0.2) is 30.6 Å². The number of hydrogen-bond acceptors (Lipinski definition) is 3. The molecule has 2 atom stereocenters. The van der Waals surface area contributed by atoms with Gasteiger partial charge in [0.2, 0.25) is 0 Å². The summed E-state index contributed by atoms with van der Waals surface area (Å²) in [5.74, 6) is 0. The van der Waals surface area contributed by atoms with Crippen molar-refractivity contribution in [2.45, 2.75) is 31.8 Å². The molecule has 1 aromatic heterocycles. The summed E-state index contributed by atoms with van der Waals surface area (Å²) in [5, 5.41) is 5.88. The quantitative estimate of drug-likeness (QED) is 0.905. The standard InChI is InChI=1S/C18H24N2S/c1-2-16-14-20(11-10-17-9-6-12-21-17)18(13-19-16)15-7-4-3-5-8-15/h3-9,12,16,18-19H,2,10-11,13-14H2,1H3. The van der Waals surface area contributed by atoms with Crippen molar-refractivity contribution in [2.75, 3.05) is 19.6 Å². The van der Waals surface area contributed by atoms with Gasteiger partial charge in [0.25, 0.3) is 0 Å². The molecule has 112 valence electrons. The molecule has 0 radical (unpaired) electrons. The zero-order valence-corrected chi connectivity index (χ0v) is 13.5. The first kappa shape index (κ1) is 14.8. The molecule has 2 unspecified atom stereocenters. The first-order valence-corrected chi connectivity index (χ1v) is 8.79. The predicted octanol–water partition coefficient (Wildman–Crippen LogP) is 3.72. The molecule has 1 aliphatic rings. The largest absolute Gasteiger partial charge is 0.311 e. The highest BCUT2D eigenvalue weighted by Gasteiger charge is 2.27. The van der Waals surface area contributed by atoms with E-state index in [1.54, 1.807) is 0 Å². The van der Waals surface area contributed by atoms with Gasteiger partial charge in [0.05, 0.1) is 0 Å². The van der Waals surface area contributed by atoms with Crippen LogP contribution in [0.2, 0.25) is 0 Å². The molecule has 3 heteroatoms. The molecule has 1 aliphatic heterocycles. The van der Waals surface area contributed by atoms with Crippen LogP contribution in [0.4, 0.5) is 0 Å². The Morgan fingerprint density at radius 3 is 2.76 bits per heavy atom. The summed E-state index contributed by atoms with van der Waals surface area (Å²) in [6, 6.07) is 16.5. The normalized spacial score (nSPS) is 23.3. The fraction of sp³-hybridized carbons (Fsp3) is 0.444. The summed E-state index contributed by atoms with van der Waals surface area (Å²) in [7, 11) is 0. The third-order valence-electron chi connectivity index (χ3n) is 4.40. The Kier molecular flexibility index (Phi) is 5.07. The molecule has 0 bridgehead atoms. The van der Waals surface area contributed by atoms with Crippen LogP contribution in [-0.2, 0) is 6.42 Å². The summed E-state index contributed by atoms with van der Waals surface area (Å²) in [6.45, 7) is 5.64. The van der Waals surface area contributed by atoms with E-state index in [1.165, 1.54) is 16.9 Å².